The smallest absolute Gasteiger partial charge is 0.0628 e. The van der Waals surface area contributed by atoms with Crippen LogP contribution in [0.4, 0.5) is 0 Å². The molecule has 1 aromatic heterocycles. The molecule has 21 heavy (non-hydrogen) atoms. The van der Waals surface area contributed by atoms with E-state index in [0.717, 1.165) is 31.2 Å². The fourth-order valence-corrected chi connectivity index (χ4v) is 3.51. The van der Waals surface area contributed by atoms with Gasteiger partial charge in [0.05, 0.1) is 5.69 Å². The SMILES string of the molecule is CCCNC1CCC(C)CC1Cc1ccn(C(C)CC)n1. The molecular formula is C18H33N3. The van der Waals surface area contributed by atoms with Crippen LogP contribution in [0.3, 0.4) is 0 Å². The summed E-state index contributed by atoms with van der Waals surface area (Å²) in [5.74, 6) is 1.62. The number of hydrogen-bond donors (Lipinski definition) is 1. The van der Waals surface area contributed by atoms with E-state index in [1.54, 1.807) is 0 Å². The molecule has 3 nitrogen and oxygen atoms in total. The normalized spacial score (nSPS) is 27.7. The molecule has 120 valence electrons. The lowest BCUT2D eigenvalue weighted by Crippen LogP contribution is -2.41. The molecule has 2 rings (SSSR count). The maximum atomic E-state index is 4.80. The van der Waals surface area contributed by atoms with Crippen molar-refractivity contribution in [1.29, 1.82) is 0 Å². The number of hydrogen-bond acceptors (Lipinski definition) is 2. The second-order valence-corrected chi connectivity index (χ2v) is 6.99. The molecule has 1 N–H and O–H groups in total. The maximum absolute atomic E-state index is 4.80. The predicted molar refractivity (Wildman–Crippen MR) is 89.5 cm³/mol. The topological polar surface area (TPSA) is 29.9 Å². The monoisotopic (exact) mass is 291 g/mol. The molecule has 1 saturated carbocycles. The van der Waals surface area contributed by atoms with Crippen LogP contribution in [0.5, 0.6) is 0 Å². The molecule has 0 bridgehead atoms. The molecule has 0 radical (unpaired) electrons. The minimum absolute atomic E-state index is 0.512. The van der Waals surface area contributed by atoms with E-state index < -0.39 is 0 Å². The molecular weight excluding hydrogens is 258 g/mol. The van der Waals surface area contributed by atoms with Crippen LogP contribution in [0.1, 0.15) is 71.5 Å². The number of aromatic nitrogens is 2. The third-order valence-electron chi connectivity index (χ3n) is 5.08. The van der Waals surface area contributed by atoms with Gasteiger partial charge in [0.15, 0.2) is 0 Å². The van der Waals surface area contributed by atoms with Crippen LogP contribution >= 0.6 is 0 Å². The lowest BCUT2D eigenvalue weighted by Gasteiger charge is -2.35. The third-order valence-corrected chi connectivity index (χ3v) is 5.08. The molecule has 0 saturated heterocycles. The van der Waals surface area contributed by atoms with Gasteiger partial charge in [-0.05, 0) is 69.9 Å². The van der Waals surface area contributed by atoms with Gasteiger partial charge in [-0.15, -0.1) is 0 Å². The van der Waals surface area contributed by atoms with E-state index in [4.69, 9.17) is 5.10 Å². The molecule has 0 spiro atoms. The van der Waals surface area contributed by atoms with Gasteiger partial charge in [-0.2, -0.15) is 5.10 Å². The number of rotatable bonds is 7. The largest absolute Gasteiger partial charge is 0.314 e. The summed E-state index contributed by atoms with van der Waals surface area (Å²) in [6.45, 7) is 10.3. The summed E-state index contributed by atoms with van der Waals surface area (Å²) in [5, 5.41) is 8.57. The van der Waals surface area contributed by atoms with E-state index in [1.165, 1.54) is 31.4 Å². The van der Waals surface area contributed by atoms with Crippen LogP contribution in [0.2, 0.25) is 0 Å². The van der Waals surface area contributed by atoms with Gasteiger partial charge < -0.3 is 5.32 Å². The highest BCUT2D eigenvalue weighted by atomic mass is 15.3. The van der Waals surface area contributed by atoms with E-state index in [1.807, 2.05) is 0 Å². The van der Waals surface area contributed by atoms with Crippen molar-refractivity contribution in [3.05, 3.63) is 18.0 Å². The quantitative estimate of drug-likeness (QED) is 0.816. The van der Waals surface area contributed by atoms with Crippen molar-refractivity contribution in [2.75, 3.05) is 6.54 Å². The highest BCUT2D eigenvalue weighted by Crippen LogP contribution is 2.31. The zero-order chi connectivity index (χ0) is 15.2. The standard InChI is InChI=1S/C18H33N3/c1-5-10-19-18-8-7-14(3)12-16(18)13-17-9-11-21(20-17)15(4)6-2/h9,11,14-16,18-19H,5-8,10,12-13H2,1-4H3. The highest BCUT2D eigenvalue weighted by molar-refractivity contribution is 5.03. The molecule has 1 aliphatic carbocycles. The Bertz CT molecular complexity index is 410. The van der Waals surface area contributed by atoms with Crippen molar-refractivity contribution in [2.24, 2.45) is 11.8 Å². The molecule has 1 fully saturated rings. The van der Waals surface area contributed by atoms with Crippen LogP contribution in [0.15, 0.2) is 12.3 Å². The second-order valence-electron chi connectivity index (χ2n) is 6.99. The lowest BCUT2D eigenvalue weighted by molar-refractivity contribution is 0.211. The Labute approximate surface area is 130 Å². The molecule has 1 aromatic rings. The van der Waals surface area contributed by atoms with Gasteiger partial charge in [-0.1, -0.05) is 20.8 Å². The first-order valence-corrected chi connectivity index (χ1v) is 8.91. The molecule has 0 aromatic carbocycles. The number of nitrogens with one attached hydrogen (secondary N) is 1. The maximum Gasteiger partial charge on any atom is 0.0628 e. The Morgan fingerprint density at radius 3 is 2.90 bits per heavy atom. The molecule has 4 unspecified atom stereocenters. The summed E-state index contributed by atoms with van der Waals surface area (Å²) >= 11 is 0. The first kappa shape index (κ1) is 16.5. The van der Waals surface area contributed by atoms with Gasteiger partial charge in [0.1, 0.15) is 0 Å². The lowest BCUT2D eigenvalue weighted by atomic mass is 9.76. The predicted octanol–water partition coefficient (Wildman–Crippen LogP) is 4.20. The minimum atomic E-state index is 0.512. The van der Waals surface area contributed by atoms with Crippen molar-refractivity contribution in [2.45, 2.75) is 78.3 Å². The van der Waals surface area contributed by atoms with Gasteiger partial charge >= 0.3 is 0 Å². The van der Waals surface area contributed by atoms with Gasteiger partial charge in [0, 0.05) is 18.3 Å². The van der Waals surface area contributed by atoms with E-state index in [2.05, 4.69) is 50.0 Å². The van der Waals surface area contributed by atoms with E-state index in [0.29, 0.717) is 12.1 Å². The highest BCUT2D eigenvalue weighted by Gasteiger charge is 2.28. The number of nitrogens with zero attached hydrogens (tertiary/aromatic N) is 2. The van der Waals surface area contributed by atoms with Crippen LogP contribution in [-0.2, 0) is 6.42 Å². The summed E-state index contributed by atoms with van der Waals surface area (Å²) < 4.78 is 2.13. The van der Waals surface area contributed by atoms with Gasteiger partial charge in [0.25, 0.3) is 0 Å². The fourth-order valence-electron chi connectivity index (χ4n) is 3.51. The Morgan fingerprint density at radius 1 is 1.38 bits per heavy atom. The van der Waals surface area contributed by atoms with Crippen molar-refractivity contribution in [3.8, 4) is 0 Å². The average Bonchev–Trinajstić information content (AvgIpc) is 2.94. The van der Waals surface area contributed by atoms with E-state index >= 15 is 0 Å². The Morgan fingerprint density at radius 2 is 2.19 bits per heavy atom. The van der Waals surface area contributed by atoms with Gasteiger partial charge in [0.2, 0.25) is 0 Å². The molecule has 3 heteroatoms. The van der Waals surface area contributed by atoms with Crippen molar-refractivity contribution in [3.63, 3.8) is 0 Å². The second kappa shape index (κ2) is 7.98. The van der Waals surface area contributed by atoms with Crippen molar-refractivity contribution < 1.29 is 0 Å². The summed E-state index contributed by atoms with van der Waals surface area (Å²) in [6, 6.07) is 3.43. The van der Waals surface area contributed by atoms with Gasteiger partial charge in [-0.3, -0.25) is 4.68 Å². The third kappa shape index (κ3) is 4.57. The Balaban J connectivity index is 1.98. The fraction of sp³-hybridized carbons (Fsp3) is 0.833. The van der Waals surface area contributed by atoms with E-state index in [-0.39, 0.29) is 0 Å². The molecule has 0 amide bonds. The summed E-state index contributed by atoms with van der Waals surface area (Å²) in [5.41, 5.74) is 1.28. The zero-order valence-corrected chi connectivity index (χ0v) is 14.3. The minimum Gasteiger partial charge on any atom is -0.314 e. The van der Waals surface area contributed by atoms with Crippen LogP contribution in [0, 0.1) is 11.8 Å². The first-order chi connectivity index (χ1) is 10.1. The Hall–Kier alpha value is -0.830. The van der Waals surface area contributed by atoms with Crippen molar-refractivity contribution >= 4 is 0 Å². The molecule has 0 aliphatic heterocycles. The van der Waals surface area contributed by atoms with Crippen LogP contribution < -0.4 is 5.32 Å². The summed E-state index contributed by atoms with van der Waals surface area (Å²) in [7, 11) is 0. The van der Waals surface area contributed by atoms with E-state index in [9.17, 15) is 0 Å². The van der Waals surface area contributed by atoms with Gasteiger partial charge in [-0.25, -0.2) is 0 Å². The molecule has 1 heterocycles. The van der Waals surface area contributed by atoms with Crippen molar-refractivity contribution in [1.82, 2.24) is 15.1 Å². The molecule has 1 aliphatic rings. The first-order valence-electron chi connectivity index (χ1n) is 8.91. The summed E-state index contributed by atoms with van der Waals surface area (Å²) in [4.78, 5) is 0. The Kier molecular flexibility index (Phi) is 6.28. The van der Waals surface area contributed by atoms with Crippen LogP contribution in [-0.4, -0.2) is 22.4 Å². The summed E-state index contributed by atoms with van der Waals surface area (Å²) in [6.07, 6.45) is 9.71. The van der Waals surface area contributed by atoms with Crippen LogP contribution in [0.25, 0.3) is 0 Å². The average molecular weight is 291 g/mol. The zero-order valence-electron chi connectivity index (χ0n) is 14.3. The molecule has 4 atom stereocenters.